The molecule has 0 atom stereocenters. The number of aromatic nitrogens is 4. The maximum Gasteiger partial charge on any atom is 0.321 e. The summed E-state index contributed by atoms with van der Waals surface area (Å²) in [5.41, 5.74) is 0.889. The summed E-state index contributed by atoms with van der Waals surface area (Å²) in [6, 6.07) is 5.55. The van der Waals surface area contributed by atoms with Crippen LogP contribution in [0.5, 0.6) is 0 Å². The average Bonchev–Trinajstić information content (AvgIpc) is 3.05. The molecule has 0 bridgehead atoms. The number of nitrogens with zero attached hydrogens (tertiary/aromatic N) is 4. The first-order valence-electron chi connectivity index (χ1n) is 6.46. The Morgan fingerprint density at radius 1 is 1.38 bits per heavy atom. The quantitative estimate of drug-likeness (QED) is 0.778. The number of rotatable bonds is 3. The van der Waals surface area contributed by atoms with Crippen molar-refractivity contribution in [2.45, 2.75) is 19.9 Å². The molecular formula is C13H14N6OS. The van der Waals surface area contributed by atoms with Crippen LogP contribution in [0.2, 0.25) is 0 Å². The minimum Gasteiger partial charge on any atom is -0.336 e. The van der Waals surface area contributed by atoms with Crippen molar-refractivity contribution in [2.24, 2.45) is 0 Å². The van der Waals surface area contributed by atoms with Crippen molar-refractivity contribution in [2.75, 3.05) is 5.32 Å². The third-order valence-electron chi connectivity index (χ3n) is 2.66. The van der Waals surface area contributed by atoms with Gasteiger partial charge in [0.05, 0.1) is 10.6 Å². The van der Waals surface area contributed by atoms with Crippen molar-refractivity contribution in [1.29, 1.82) is 0 Å². The molecule has 21 heavy (non-hydrogen) atoms. The lowest BCUT2D eigenvalue weighted by Gasteiger charge is -2.06. The molecule has 3 aromatic rings. The predicted octanol–water partition coefficient (Wildman–Crippen LogP) is 2.38. The fraction of sp³-hybridized carbons (Fsp3) is 0.231. The maximum absolute atomic E-state index is 11.7. The molecule has 0 aromatic carbocycles. The van der Waals surface area contributed by atoms with Gasteiger partial charge in [0.15, 0.2) is 0 Å². The van der Waals surface area contributed by atoms with Gasteiger partial charge in [0, 0.05) is 12.2 Å². The number of carbonyl (C=O) groups excluding carboxylic acids is 1. The molecule has 0 saturated carbocycles. The Morgan fingerprint density at radius 3 is 2.95 bits per heavy atom. The van der Waals surface area contributed by atoms with Gasteiger partial charge in [0.1, 0.15) is 0 Å². The molecule has 0 saturated heterocycles. The summed E-state index contributed by atoms with van der Waals surface area (Å²) in [7, 11) is 0. The molecule has 3 heterocycles. The van der Waals surface area contributed by atoms with E-state index in [9.17, 15) is 4.79 Å². The Labute approximate surface area is 125 Å². The summed E-state index contributed by atoms with van der Waals surface area (Å²) in [5.74, 6) is 0.672. The fourth-order valence-electron chi connectivity index (χ4n) is 1.86. The van der Waals surface area contributed by atoms with Crippen LogP contribution in [0.4, 0.5) is 10.7 Å². The molecular weight excluding hydrogens is 288 g/mol. The average molecular weight is 302 g/mol. The highest BCUT2D eigenvalue weighted by Gasteiger charge is 2.12. The summed E-state index contributed by atoms with van der Waals surface area (Å²) in [6.45, 7) is 3.76. The van der Waals surface area contributed by atoms with Crippen molar-refractivity contribution in [3.05, 3.63) is 29.8 Å². The lowest BCUT2D eigenvalue weighted by molar-refractivity contribution is 0.250. The molecule has 0 aliphatic carbocycles. The zero-order chi connectivity index (χ0) is 14.8. The number of anilines is 1. The van der Waals surface area contributed by atoms with E-state index in [2.05, 4.69) is 25.7 Å². The van der Waals surface area contributed by atoms with Crippen LogP contribution in [-0.4, -0.2) is 31.7 Å². The lowest BCUT2D eigenvalue weighted by atomic mass is 10.3. The van der Waals surface area contributed by atoms with Gasteiger partial charge in [-0.3, -0.25) is 5.32 Å². The SMILES string of the molecule is CC(C)NC(=O)Nc1nc2nccc(-c3cccs3)n2n1. The van der Waals surface area contributed by atoms with E-state index < -0.39 is 0 Å². The summed E-state index contributed by atoms with van der Waals surface area (Å²) >= 11 is 1.61. The van der Waals surface area contributed by atoms with Crippen molar-refractivity contribution >= 4 is 29.1 Å². The molecule has 108 valence electrons. The Balaban J connectivity index is 1.93. The van der Waals surface area contributed by atoms with Crippen LogP contribution in [0.25, 0.3) is 16.3 Å². The number of hydrogen-bond acceptors (Lipinski definition) is 5. The topological polar surface area (TPSA) is 84.2 Å². The van der Waals surface area contributed by atoms with Crippen molar-refractivity contribution in [1.82, 2.24) is 24.9 Å². The summed E-state index contributed by atoms with van der Waals surface area (Å²) < 4.78 is 1.62. The molecule has 0 radical (unpaired) electrons. The van der Waals surface area contributed by atoms with Crippen molar-refractivity contribution in [3.63, 3.8) is 0 Å². The van der Waals surface area contributed by atoms with E-state index >= 15 is 0 Å². The summed E-state index contributed by atoms with van der Waals surface area (Å²) in [5, 5.41) is 11.6. The molecule has 0 aliphatic rings. The molecule has 3 aromatic heterocycles. The van der Waals surface area contributed by atoms with E-state index in [4.69, 9.17) is 0 Å². The standard InChI is InChI=1S/C13H14N6OS/c1-8(2)15-13(20)17-11-16-12-14-6-5-9(19(12)18-11)10-4-3-7-21-10/h3-8H,1-2H3,(H2,15,17,18,20). The minimum atomic E-state index is -0.335. The van der Waals surface area contributed by atoms with Crippen LogP contribution in [0.1, 0.15) is 13.8 Å². The third kappa shape index (κ3) is 2.84. The first kappa shape index (κ1) is 13.5. The molecule has 2 amide bonds. The second kappa shape index (κ2) is 5.49. The second-order valence-electron chi connectivity index (χ2n) is 4.71. The number of urea groups is 1. The highest BCUT2D eigenvalue weighted by atomic mass is 32.1. The van der Waals surface area contributed by atoms with Gasteiger partial charge in [0.2, 0.25) is 0 Å². The molecule has 0 unspecified atom stereocenters. The van der Waals surface area contributed by atoms with Crippen LogP contribution >= 0.6 is 11.3 Å². The molecule has 7 nitrogen and oxygen atoms in total. The highest BCUT2D eigenvalue weighted by Crippen LogP contribution is 2.24. The monoisotopic (exact) mass is 302 g/mol. The van der Waals surface area contributed by atoms with Crippen molar-refractivity contribution < 1.29 is 4.79 Å². The predicted molar refractivity (Wildman–Crippen MR) is 81.4 cm³/mol. The normalized spacial score (nSPS) is 11.0. The molecule has 0 fully saturated rings. The zero-order valence-electron chi connectivity index (χ0n) is 11.6. The smallest absolute Gasteiger partial charge is 0.321 e. The Kier molecular flexibility index (Phi) is 3.53. The van der Waals surface area contributed by atoms with Crippen LogP contribution in [-0.2, 0) is 0 Å². The second-order valence-corrected chi connectivity index (χ2v) is 5.66. The third-order valence-corrected chi connectivity index (χ3v) is 3.55. The zero-order valence-corrected chi connectivity index (χ0v) is 12.4. The Hall–Kier alpha value is -2.48. The number of fused-ring (bicyclic) bond motifs is 1. The van der Waals surface area contributed by atoms with Gasteiger partial charge >= 0.3 is 6.03 Å². The van der Waals surface area contributed by atoms with Crippen molar-refractivity contribution in [3.8, 4) is 10.6 Å². The number of carbonyl (C=O) groups is 1. The van der Waals surface area contributed by atoms with Crippen LogP contribution in [0, 0.1) is 0 Å². The Morgan fingerprint density at radius 2 is 2.24 bits per heavy atom. The molecule has 2 N–H and O–H groups in total. The molecule has 0 spiro atoms. The summed E-state index contributed by atoms with van der Waals surface area (Å²) in [6.07, 6.45) is 1.68. The molecule has 0 aliphatic heterocycles. The van der Waals surface area contributed by atoms with E-state index in [0.29, 0.717) is 5.78 Å². The van der Waals surface area contributed by atoms with E-state index in [1.54, 1.807) is 22.0 Å². The van der Waals surface area contributed by atoms with Crippen LogP contribution in [0.3, 0.4) is 0 Å². The number of hydrogen-bond donors (Lipinski definition) is 2. The fourth-order valence-corrected chi connectivity index (χ4v) is 2.59. The maximum atomic E-state index is 11.7. The van der Waals surface area contributed by atoms with E-state index in [0.717, 1.165) is 10.6 Å². The molecule has 3 rings (SSSR count). The highest BCUT2D eigenvalue weighted by molar-refractivity contribution is 7.13. The van der Waals surface area contributed by atoms with Crippen LogP contribution < -0.4 is 10.6 Å². The number of nitrogens with one attached hydrogen (secondary N) is 2. The van der Waals surface area contributed by atoms with E-state index in [-0.39, 0.29) is 18.0 Å². The largest absolute Gasteiger partial charge is 0.336 e. The van der Waals surface area contributed by atoms with Gasteiger partial charge in [-0.15, -0.1) is 16.4 Å². The number of amides is 2. The first-order valence-corrected chi connectivity index (χ1v) is 7.34. The van der Waals surface area contributed by atoms with Gasteiger partial charge in [0.25, 0.3) is 11.7 Å². The van der Waals surface area contributed by atoms with Gasteiger partial charge in [-0.1, -0.05) is 6.07 Å². The minimum absolute atomic E-state index is 0.0434. The molecule has 8 heteroatoms. The summed E-state index contributed by atoms with van der Waals surface area (Å²) in [4.78, 5) is 21.1. The van der Waals surface area contributed by atoms with E-state index in [1.165, 1.54) is 0 Å². The van der Waals surface area contributed by atoms with Gasteiger partial charge in [-0.25, -0.2) is 9.78 Å². The van der Waals surface area contributed by atoms with Gasteiger partial charge in [-0.2, -0.15) is 9.50 Å². The van der Waals surface area contributed by atoms with Gasteiger partial charge in [-0.05, 0) is 31.4 Å². The van der Waals surface area contributed by atoms with E-state index in [1.807, 2.05) is 37.4 Å². The van der Waals surface area contributed by atoms with Gasteiger partial charge < -0.3 is 5.32 Å². The van der Waals surface area contributed by atoms with Crippen LogP contribution in [0.15, 0.2) is 29.8 Å². The number of thiophene rings is 1. The lowest BCUT2D eigenvalue weighted by Crippen LogP contribution is -2.34. The first-order chi connectivity index (χ1) is 10.1. The Bertz CT molecular complexity index is 764.